The lowest BCUT2D eigenvalue weighted by Gasteiger charge is -2.18. The monoisotopic (exact) mass is 548 g/mol. The molecule has 2 nitrogen and oxygen atoms in total. The number of fused-ring (bicyclic) bond motifs is 3. The molecule has 43 heavy (non-hydrogen) atoms. The molecule has 0 amide bonds. The van der Waals surface area contributed by atoms with Crippen molar-refractivity contribution in [1.29, 1.82) is 0 Å². The molecule has 2 heteroatoms. The Hall–Kier alpha value is -5.60. The summed E-state index contributed by atoms with van der Waals surface area (Å²) in [6.07, 6.45) is 1.95. The first-order valence-corrected chi connectivity index (χ1v) is 14.7. The highest BCUT2D eigenvalue weighted by Crippen LogP contribution is 2.44. The molecule has 0 saturated heterocycles. The molecule has 6 aromatic carbocycles. The van der Waals surface area contributed by atoms with E-state index in [1.165, 1.54) is 54.6 Å². The van der Waals surface area contributed by atoms with Gasteiger partial charge in [0, 0.05) is 17.5 Å². The predicted molar refractivity (Wildman–Crippen MR) is 181 cm³/mol. The van der Waals surface area contributed by atoms with Gasteiger partial charge in [0.15, 0.2) is 0 Å². The average Bonchev–Trinajstić information content (AvgIpc) is 3.07. The first-order valence-electron chi connectivity index (χ1n) is 14.7. The van der Waals surface area contributed by atoms with E-state index in [2.05, 4.69) is 132 Å². The highest BCUT2D eigenvalue weighted by molar-refractivity contribution is 6.21. The van der Waals surface area contributed by atoms with E-state index >= 15 is 0 Å². The van der Waals surface area contributed by atoms with Crippen LogP contribution in [0.1, 0.15) is 5.69 Å². The van der Waals surface area contributed by atoms with Crippen LogP contribution < -0.4 is 0 Å². The molecule has 2 aromatic heterocycles. The second-order valence-corrected chi connectivity index (χ2v) is 11.1. The number of benzene rings is 6. The zero-order valence-corrected chi connectivity index (χ0v) is 23.8. The molecule has 0 bridgehead atoms. The Morgan fingerprint density at radius 2 is 0.977 bits per heavy atom. The largest absolute Gasteiger partial charge is 0.254 e. The summed E-state index contributed by atoms with van der Waals surface area (Å²) < 4.78 is 0. The van der Waals surface area contributed by atoms with Crippen molar-refractivity contribution in [1.82, 2.24) is 9.97 Å². The van der Waals surface area contributed by atoms with Crippen LogP contribution in [0.15, 0.2) is 152 Å². The molecule has 0 fully saturated rings. The molecule has 0 unspecified atom stereocenters. The van der Waals surface area contributed by atoms with Gasteiger partial charge in [-0.25, -0.2) is 0 Å². The van der Waals surface area contributed by atoms with Gasteiger partial charge >= 0.3 is 0 Å². The van der Waals surface area contributed by atoms with Crippen molar-refractivity contribution in [2.24, 2.45) is 0 Å². The van der Waals surface area contributed by atoms with Crippen molar-refractivity contribution in [2.45, 2.75) is 6.92 Å². The number of aromatic nitrogens is 2. The molecule has 0 N–H and O–H groups in total. The lowest BCUT2D eigenvalue weighted by molar-refractivity contribution is 1.18. The molecule has 0 radical (unpaired) electrons. The van der Waals surface area contributed by atoms with Gasteiger partial charge in [-0.05, 0) is 97.4 Å². The van der Waals surface area contributed by atoms with E-state index in [4.69, 9.17) is 4.98 Å². The molecular weight excluding hydrogens is 520 g/mol. The van der Waals surface area contributed by atoms with Crippen LogP contribution in [0, 0.1) is 6.92 Å². The number of aryl methyl sites for hydroxylation is 1. The lowest BCUT2D eigenvalue weighted by Crippen LogP contribution is -1.91. The maximum Gasteiger partial charge on any atom is 0.0889 e. The second-order valence-electron chi connectivity index (χ2n) is 11.1. The molecule has 202 valence electrons. The number of nitrogens with zero attached hydrogens (tertiary/aromatic N) is 2. The smallest absolute Gasteiger partial charge is 0.0889 e. The van der Waals surface area contributed by atoms with Crippen molar-refractivity contribution in [3.05, 3.63) is 157 Å². The van der Waals surface area contributed by atoms with Gasteiger partial charge in [0.05, 0.1) is 11.4 Å². The highest BCUT2D eigenvalue weighted by atomic mass is 14.8. The van der Waals surface area contributed by atoms with Crippen LogP contribution in [0.2, 0.25) is 0 Å². The zero-order chi connectivity index (χ0) is 28.8. The number of rotatable bonds is 4. The summed E-state index contributed by atoms with van der Waals surface area (Å²) in [5.41, 5.74) is 10.0. The van der Waals surface area contributed by atoms with Crippen molar-refractivity contribution in [3.63, 3.8) is 0 Å². The maximum atomic E-state index is 4.75. The van der Waals surface area contributed by atoms with Gasteiger partial charge in [0.2, 0.25) is 0 Å². The Labute approximate surface area is 251 Å². The second kappa shape index (κ2) is 10.3. The number of hydrogen-bond acceptors (Lipinski definition) is 2. The normalized spacial score (nSPS) is 11.4. The van der Waals surface area contributed by atoms with E-state index in [1.807, 2.05) is 31.3 Å². The molecule has 8 aromatic rings. The molecule has 0 aliphatic rings. The fourth-order valence-corrected chi connectivity index (χ4v) is 6.34. The predicted octanol–water partition coefficient (Wildman–Crippen LogP) is 10.9. The van der Waals surface area contributed by atoms with Crippen LogP contribution in [0.5, 0.6) is 0 Å². The summed E-state index contributed by atoms with van der Waals surface area (Å²) in [6.45, 7) is 2.00. The molecule has 0 aliphatic heterocycles. The van der Waals surface area contributed by atoms with E-state index in [0.717, 1.165) is 28.2 Å². The SMILES string of the molecule is Cc1cccc(-c2ccc(-c3ccc4ccc(-c5c6ccccc6c(-c6ccccc6)c6ccccc56)cc4c3)cn2)n1. The Kier molecular flexibility index (Phi) is 6.05. The Balaban J connectivity index is 1.28. The fourth-order valence-electron chi connectivity index (χ4n) is 6.34. The van der Waals surface area contributed by atoms with Gasteiger partial charge in [-0.15, -0.1) is 0 Å². The van der Waals surface area contributed by atoms with Gasteiger partial charge in [0.25, 0.3) is 0 Å². The molecule has 0 aliphatic carbocycles. The first kappa shape index (κ1) is 25.1. The molecule has 2 heterocycles. The Bertz CT molecular complexity index is 2230. The Morgan fingerprint density at radius 1 is 0.395 bits per heavy atom. The summed E-state index contributed by atoms with van der Waals surface area (Å²) in [7, 11) is 0. The van der Waals surface area contributed by atoms with E-state index < -0.39 is 0 Å². The van der Waals surface area contributed by atoms with Crippen LogP contribution in [0.4, 0.5) is 0 Å². The third-order valence-corrected chi connectivity index (χ3v) is 8.37. The maximum absolute atomic E-state index is 4.75. The summed E-state index contributed by atoms with van der Waals surface area (Å²) in [6, 6.07) is 52.1. The summed E-state index contributed by atoms with van der Waals surface area (Å²) in [5, 5.41) is 7.49. The quantitative estimate of drug-likeness (QED) is 0.204. The molecule has 0 spiro atoms. The third kappa shape index (κ3) is 4.45. The van der Waals surface area contributed by atoms with Crippen LogP contribution in [-0.4, -0.2) is 9.97 Å². The molecule has 8 rings (SSSR count). The summed E-state index contributed by atoms with van der Waals surface area (Å²) in [4.78, 5) is 9.38. The van der Waals surface area contributed by atoms with Crippen LogP contribution in [0.25, 0.3) is 77.1 Å². The van der Waals surface area contributed by atoms with Crippen molar-refractivity contribution in [3.8, 4) is 44.8 Å². The topological polar surface area (TPSA) is 25.8 Å². The summed E-state index contributed by atoms with van der Waals surface area (Å²) >= 11 is 0. The number of hydrogen-bond donors (Lipinski definition) is 0. The lowest BCUT2D eigenvalue weighted by atomic mass is 9.85. The highest BCUT2D eigenvalue weighted by Gasteiger charge is 2.16. The minimum absolute atomic E-state index is 0.883. The van der Waals surface area contributed by atoms with E-state index in [-0.39, 0.29) is 0 Å². The fraction of sp³-hybridized carbons (Fsp3) is 0.0244. The average molecular weight is 549 g/mol. The number of pyridine rings is 2. The minimum Gasteiger partial charge on any atom is -0.254 e. The van der Waals surface area contributed by atoms with Crippen LogP contribution >= 0.6 is 0 Å². The van der Waals surface area contributed by atoms with Crippen LogP contribution in [-0.2, 0) is 0 Å². The zero-order valence-electron chi connectivity index (χ0n) is 23.8. The van der Waals surface area contributed by atoms with Gasteiger partial charge in [0.1, 0.15) is 0 Å². The van der Waals surface area contributed by atoms with E-state index in [9.17, 15) is 0 Å². The minimum atomic E-state index is 0.883. The molecule has 0 atom stereocenters. The third-order valence-electron chi connectivity index (χ3n) is 8.37. The van der Waals surface area contributed by atoms with Gasteiger partial charge in [-0.1, -0.05) is 115 Å². The first-order chi connectivity index (χ1) is 21.2. The van der Waals surface area contributed by atoms with Crippen molar-refractivity contribution in [2.75, 3.05) is 0 Å². The van der Waals surface area contributed by atoms with E-state index in [0.29, 0.717) is 0 Å². The van der Waals surface area contributed by atoms with Gasteiger partial charge in [-0.3, -0.25) is 9.97 Å². The Morgan fingerprint density at radius 3 is 1.60 bits per heavy atom. The molecular formula is C41H28N2. The van der Waals surface area contributed by atoms with Crippen molar-refractivity contribution >= 4 is 32.3 Å². The van der Waals surface area contributed by atoms with Crippen LogP contribution in [0.3, 0.4) is 0 Å². The molecule has 0 saturated carbocycles. The van der Waals surface area contributed by atoms with Gasteiger partial charge in [-0.2, -0.15) is 0 Å². The standard InChI is InChI=1S/C41H28N2/c1-27-10-9-17-39(43-27)38-23-22-32(26-42-38)30-20-18-28-19-21-31(25-33(28)24-30)41-36-15-7-5-13-34(36)40(29-11-3-2-4-12-29)35-14-6-8-16-37(35)41/h2-26H,1H3. The van der Waals surface area contributed by atoms with E-state index in [1.54, 1.807) is 0 Å². The van der Waals surface area contributed by atoms with Gasteiger partial charge < -0.3 is 0 Å². The van der Waals surface area contributed by atoms with Crippen molar-refractivity contribution < 1.29 is 0 Å². The summed E-state index contributed by atoms with van der Waals surface area (Å²) in [5.74, 6) is 0.